The van der Waals surface area contributed by atoms with Crippen molar-refractivity contribution in [2.24, 2.45) is 0 Å². The van der Waals surface area contributed by atoms with Crippen molar-refractivity contribution in [1.29, 1.82) is 0 Å². The number of aryl methyl sites for hydroxylation is 2. The van der Waals surface area contributed by atoms with Gasteiger partial charge in [0.2, 0.25) is 17.7 Å². The predicted molar refractivity (Wildman–Crippen MR) is 89.8 cm³/mol. The smallest absolute Gasteiger partial charge is 0.244 e. The van der Waals surface area contributed by atoms with Crippen molar-refractivity contribution < 1.29 is 13.4 Å². The van der Waals surface area contributed by atoms with Gasteiger partial charge in [0.25, 0.3) is 0 Å². The molecule has 0 fully saturated rings. The first kappa shape index (κ1) is 15.7. The SMILES string of the molecule is CCCCn1c[n+](CCCC)c(-c2ccco2)c1-c1ccco1. The van der Waals surface area contributed by atoms with Gasteiger partial charge in [-0.05, 0) is 37.1 Å². The van der Waals surface area contributed by atoms with Crippen molar-refractivity contribution in [3.63, 3.8) is 0 Å². The Balaban J connectivity index is 2.13. The van der Waals surface area contributed by atoms with Crippen molar-refractivity contribution in [3.8, 4) is 22.9 Å². The van der Waals surface area contributed by atoms with E-state index in [-0.39, 0.29) is 0 Å². The number of nitrogens with zero attached hydrogens (tertiary/aromatic N) is 2. The molecule has 0 saturated heterocycles. The number of rotatable bonds is 8. The zero-order chi connectivity index (χ0) is 16.1. The summed E-state index contributed by atoms with van der Waals surface area (Å²) in [7, 11) is 0. The van der Waals surface area contributed by atoms with E-state index in [9.17, 15) is 0 Å². The second-order valence-electron chi connectivity index (χ2n) is 5.86. The topological polar surface area (TPSA) is 35.1 Å². The molecule has 3 rings (SSSR count). The first-order chi connectivity index (χ1) is 11.3. The monoisotopic (exact) mass is 313 g/mol. The molecule has 0 aromatic carbocycles. The van der Waals surface area contributed by atoms with Crippen LogP contribution in [0, 0.1) is 0 Å². The molecule has 0 aliphatic carbocycles. The van der Waals surface area contributed by atoms with Crippen LogP contribution in [-0.2, 0) is 13.1 Å². The van der Waals surface area contributed by atoms with Crippen molar-refractivity contribution in [1.82, 2.24) is 4.57 Å². The summed E-state index contributed by atoms with van der Waals surface area (Å²) in [5.41, 5.74) is 2.21. The lowest BCUT2D eigenvalue weighted by Crippen LogP contribution is -2.34. The van der Waals surface area contributed by atoms with E-state index in [0.717, 1.165) is 48.8 Å². The maximum atomic E-state index is 5.72. The molecule has 3 aromatic heterocycles. The zero-order valence-corrected chi connectivity index (χ0v) is 14.0. The number of aromatic nitrogens is 2. The summed E-state index contributed by atoms with van der Waals surface area (Å²) in [6, 6.07) is 7.92. The molecule has 0 unspecified atom stereocenters. The molecule has 0 bridgehead atoms. The number of hydrogen-bond acceptors (Lipinski definition) is 2. The zero-order valence-electron chi connectivity index (χ0n) is 14.0. The summed E-state index contributed by atoms with van der Waals surface area (Å²) in [5.74, 6) is 1.78. The van der Waals surface area contributed by atoms with Crippen molar-refractivity contribution in [3.05, 3.63) is 43.1 Å². The van der Waals surface area contributed by atoms with Crippen LogP contribution in [-0.4, -0.2) is 4.57 Å². The molecule has 0 atom stereocenters. The van der Waals surface area contributed by atoms with Gasteiger partial charge >= 0.3 is 0 Å². The molecule has 0 N–H and O–H groups in total. The van der Waals surface area contributed by atoms with Crippen LogP contribution in [0.15, 0.2) is 52.0 Å². The number of imidazole rings is 1. The molecule has 4 nitrogen and oxygen atoms in total. The fourth-order valence-corrected chi connectivity index (χ4v) is 2.89. The van der Waals surface area contributed by atoms with E-state index in [1.54, 1.807) is 12.5 Å². The largest absolute Gasteiger partial charge is 0.460 e. The molecule has 0 aliphatic rings. The van der Waals surface area contributed by atoms with Gasteiger partial charge in [0.1, 0.15) is 0 Å². The summed E-state index contributed by atoms with van der Waals surface area (Å²) < 4.78 is 16.0. The van der Waals surface area contributed by atoms with Gasteiger partial charge in [-0.15, -0.1) is 0 Å². The Hall–Kier alpha value is -2.23. The lowest BCUT2D eigenvalue weighted by Gasteiger charge is -2.01. The predicted octanol–water partition coefficient (Wildman–Crippen LogP) is 4.90. The highest BCUT2D eigenvalue weighted by Gasteiger charge is 2.29. The van der Waals surface area contributed by atoms with E-state index in [0.29, 0.717) is 0 Å². The van der Waals surface area contributed by atoms with E-state index < -0.39 is 0 Å². The van der Waals surface area contributed by atoms with Gasteiger partial charge in [-0.25, -0.2) is 9.13 Å². The summed E-state index contributed by atoms with van der Waals surface area (Å²) in [6.45, 7) is 6.40. The minimum atomic E-state index is 0.891. The van der Waals surface area contributed by atoms with Gasteiger partial charge in [0, 0.05) is 0 Å². The molecular weight excluding hydrogens is 288 g/mol. The van der Waals surface area contributed by atoms with Gasteiger partial charge in [-0.1, -0.05) is 26.7 Å². The lowest BCUT2D eigenvalue weighted by atomic mass is 10.2. The molecule has 4 heteroatoms. The molecule has 0 saturated carbocycles. The minimum absolute atomic E-state index is 0.891. The van der Waals surface area contributed by atoms with Crippen LogP contribution >= 0.6 is 0 Å². The highest BCUT2D eigenvalue weighted by Crippen LogP contribution is 2.31. The van der Waals surface area contributed by atoms with E-state index in [4.69, 9.17) is 8.83 Å². The Labute approximate surface area is 137 Å². The molecule has 0 spiro atoms. The third-order valence-electron chi connectivity index (χ3n) is 4.09. The number of unbranched alkanes of at least 4 members (excludes halogenated alkanes) is 2. The molecule has 3 heterocycles. The minimum Gasteiger partial charge on any atom is -0.460 e. The normalized spacial score (nSPS) is 11.2. The van der Waals surface area contributed by atoms with E-state index >= 15 is 0 Å². The van der Waals surface area contributed by atoms with E-state index in [1.165, 1.54) is 12.8 Å². The molecule has 0 amide bonds. The molecule has 0 radical (unpaired) electrons. The van der Waals surface area contributed by atoms with Crippen LogP contribution in [0.3, 0.4) is 0 Å². The van der Waals surface area contributed by atoms with Crippen LogP contribution in [0.25, 0.3) is 22.9 Å². The summed E-state index contributed by atoms with van der Waals surface area (Å²) in [5, 5.41) is 0. The number of hydrogen-bond donors (Lipinski definition) is 0. The maximum Gasteiger partial charge on any atom is 0.244 e. The number of furan rings is 2. The molecule has 3 aromatic rings. The first-order valence-corrected chi connectivity index (χ1v) is 8.55. The van der Waals surface area contributed by atoms with Gasteiger partial charge in [0.15, 0.2) is 11.5 Å². The van der Waals surface area contributed by atoms with E-state index in [2.05, 4.69) is 29.3 Å². The third kappa shape index (κ3) is 3.26. The third-order valence-corrected chi connectivity index (χ3v) is 4.09. The molecular formula is C19H25N2O2+. The average Bonchev–Trinajstić information content (AvgIpc) is 3.29. The highest BCUT2D eigenvalue weighted by molar-refractivity contribution is 5.70. The van der Waals surface area contributed by atoms with Crippen LogP contribution in [0.1, 0.15) is 39.5 Å². The fraction of sp³-hybridized carbons (Fsp3) is 0.421. The van der Waals surface area contributed by atoms with Gasteiger partial charge < -0.3 is 8.83 Å². The Morgan fingerprint density at radius 3 is 2.26 bits per heavy atom. The lowest BCUT2D eigenvalue weighted by molar-refractivity contribution is -0.686. The van der Waals surface area contributed by atoms with Gasteiger partial charge in [0.05, 0.1) is 25.6 Å². The van der Waals surface area contributed by atoms with Crippen LogP contribution in [0.4, 0.5) is 0 Å². The summed E-state index contributed by atoms with van der Waals surface area (Å²) >= 11 is 0. The standard InChI is InChI=1S/C19H25N2O2/c1-3-5-11-20-15-21(12-6-4-2)19(17-10-8-14-23-17)18(20)16-9-7-13-22-16/h7-10,13-15H,3-6,11-12H2,1-2H3/q+1. The Morgan fingerprint density at radius 2 is 1.65 bits per heavy atom. The van der Waals surface area contributed by atoms with Crippen molar-refractivity contribution >= 4 is 0 Å². The van der Waals surface area contributed by atoms with Crippen LogP contribution in [0.5, 0.6) is 0 Å². The summed E-state index contributed by atoms with van der Waals surface area (Å²) in [4.78, 5) is 0. The Kier molecular flexibility index (Phi) is 5.01. The second-order valence-corrected chi connectivity index (χ2v) is 5.86. The van der Waals surface area contributed by atoms with Gasteiger partial charge in [-0.2, -0.15) is 0 Å². The van der Waals surface area contributed by atoms with Crippen molar-refractivity contribution in [2.45, 2.75) is 52.6 Å². The second kappa shape index (κ2) is 7.36. The van der Waals surface area contributed by atoms with Crippen LogP contribution in [0.2, 0.25) is 0 Å². The average molecular weight is 313 g/mol. The quantitative estimate of drug-likeness (QED) is 0.555. The fourth-order valence-electron chi connectivity index (χ4n) is 2.89. The first-order valence-electron chi connectivity index (χ1n) is 8.55. The highest BCUT2D eigenvalue weighted by atomic mass is 16.3. The molecule has 0 aliphatic heterocycles. The molecule has 23 heavy (non-hydrogen) atoms. The van der Waals surface area contributed by atoms with Crippen LogP contribution < -0.4 is 4.57 Å². The summed E-state index contributed by atoms with van der Waals surface area (Å²) in [6.07, 6.45) is 10.3. The molecule has 122 valence electrons. The Morgan fingerprint density at radius 1 is 0.957 bits per heavy atom. The van der Waals surface area contributed by atoms with Crippen molar-refractivity contribution in [2.75, 3.05) is 0 Å². The van der Waals surface area contributed by atoms with E-state index in [1.807, 2.05) is 24.3 Å². The Bertz CT molecular complexity index is 648. The van der Waals surface area contributed by atoms with Gasteiger partial charge in [-0.3, -0.25) is 0 Å². The maximum absolute atomic E-state index is 5.72.